The first-order valence-electron chi connectivity index (χ1n) is 9.93. The number of allylic oxidation sites excluding steroid dienone is 8. The lowest BCUT2D eigenvalue weighted by molar-refractivity contribution is 0.563. The van der Waals surface area contributed by atoms with Gasteiger partial charge in [0.2, 0.25) is 7.29 Å². The van der Waals surface area contributed by atoms with Gasteiger partial charge in [0, 0.05) is 15.9 Å². The highest BCUT2D eigenvalue weighted by Gasteiger charge is 2.42. The van der Waals surface area contributed by atoms with Gasteiger partial charge in [-0.2, -0.15) is 0 Å². The fourth-order valence-corrected chi connectivity index (χ4v) is 10.9. The maximum absolute atomic E-state index is 14.6. The Bertz CT molecular complexity index is 1030. The number of hydrogen-bond acceptors (Lipinski definition) is 2. The smallest absolute Gasteiger partial charge is 0.210 e. The third kappa shape index (κ3) is 4.09. The Labute approximate surface area is 172 Å². The monoisotopic (exact) mass is 421 g/mol. The van der Waals surface area contributed by atoms with Gasteiger partial charge in [-0.15, -0.1) is 0 Å². The van der Waals surface area contributed by atoms with Crippen LogP contribution in [0.1, 0.15) is 19.3 Å². The van der Waals surface area contributed by atoms with Crippen molar-refractivity contribution in [2.24, 2.45) is 0 Å². The molecule has 2 aliphatic rings. The molecule has 0 radical (unpaired) electrons. The molecular weight excluding hydrogens is 396 g/mol. The Morgan fingerprint density at radius 2 is 1.45 bits per heavy atom. The fraction of sp³-hybridized carbons (Fsp3) is 0.167. The van der Waals surface area contributed by atoms with Crippen molar-refractivity contribution in [3.05, 3.63) is 109 Å². The average molecular weight is 421 g/mol. The Morgan fingerprint density at radius 3 is 1.97 bits per heavy atom. The van der Waals surface area contributed by atoms with Gasteiger partial charge in [-0.05, 0) is 43.5 Å². The lowest BCUT2D eigenvalue weighted by atomic mass is 10.2. The normalized spacial score (nSPS) is 20.8. The van der Waals surface area contributed by atoms with Crippen molar-refractivity contribution in [2.75, 3.05) is 0 Å². The van der Waals surface area contributed by atoms with E-state index in [0.29, 0.717) is 17.0 Å². The molecule has 0 heterocycles. The van der Waals surface area contributed by atoms with Gasteiger partial charge in [0.25, 0.3) is 0 Å². The van der Waals surface area contributed by atoms with E-state index in [2.05, 4.69) is 10.9 Å². The molecule has 5 heteroatoms. The van der Waals surface area contributed by atoms with Crippen LogP contribution in [-0.2, 0) is 9.13 Å². The molecule has 0 saturated carbocycles. The van der Waals surface area contributed by atoms with Gasteiger partial charge in [0.15, 0.2) is 7.29 Å². The second kappa shape index (κ2) is 8.67. The maximum atomic E-state index is 14.6. The Hall–Kier alpha value is -2.18. The molecule has 2 aliphatic carbocycles. The molecule has 4 rings (SSSR count). The van der Waals surface area contributed by atoms with Gasteiger partial charge in [0.1, 0.15) is 0 Å². The summed E-state index contributed by atoms with van der Waals surface area (Å²) in [4.78, 5) is 3.30. The van der Waals surface area contributed by atoms with Crippen LogP contribution in [0.2, 0.25) is 0 Å². The van der Waals surface area contributed by atoms with E-state index >= 15 is 0 Å². The maximum Gasteiger partial charge on any atom is 0.210 e. The van der Waals surface area contributed by atoms with Gasteiger partial charge in [-0.3, -0.25) is 4.57 Å². The molecule has 0 aliphatic heterocycles. The lowest BCUT2D eigenvalue weighted by Crippen LogP contribution is -2.29. The molecule has 2 aromatic rings. The van der Waals surface area contributed by atoms with Crippen molar-refractivity contribution in [3.8, 4) is 0 Å². The summed E-state index contributed by atoms with van der Waals surface area (Å²) in [5, 5.41) is 2.22. The lowest BCUT2D eigenvalue weighted by Gasteiger charge is -2.34. The van der Waals surface area contributed by atoms with Gasteiger partial charge in [0.05, 0.1) is 5.66 Å². The van der Waals surface area contributed by atoms with Crippen LogP contribution in [-0.4, -0.2) is 5.66 Å². The van der Waals surface area contributed by atoms with Crippen molar-refractivity contribution in [1.82, 2.24) is 4.86 Å². The summed E-state index contributed by atoms with van der Waals surface area (Å²) < 4.78 is 29.2. The summed E-state index contributed by atoms with van der Waals surface area (Å²) in [5.74, 6) is 0. The predicted octanol–water partition coefficient (Wildman–Crippen LogP) is 5.90. The van der Waals surface area contributed by atoms with Crippen LogP contribution >= 0.6 is 14.6 Å². The van der Waals surface area contributed by atoms with E-state index in [0.717, 1.165) is 18.2 Å². The molecule has 1 N–H and O–H groups in total. The highest BCUT2D eigenvalue weighted by Crippen LogP contribution is 2.64. The van der Waals surface area contributed by atoms with Gasteiger partial charge >= 0.3 is 0 Å². The highest BCUT2D eigenvalue weighted by atomic mass is 31.2. The zero-order valence-corrected chi connectivity index (χ0v) is 18.0. The summed E-state index contributed by atoms with van der Waals surface area (Å²) >= 11 is 0. The molecule has 0 bridgehead atoms. The SMILES string of the molecule is O=P(NP(=O)(C1=CC=CCC1)C1C=CC=CC1)(c1ccccc1)c1ccccc1. The van der Waals surface area contributed by atoms with E-state index in [9.17, 15) is 9.13 Å². The minimum atomic E-state index is -3.31. The zero-order valence-electron chi connectivity index (χ0n) is 16.2. The van der Waals surface area contributed by atoms with E-state index in [1.165, 1.54) is 0 Å². The standard InChI is InChI=1S/C24H25NO2P2/c26-28(21-13-5-1-6-14-21,22-15-7-2-8-16-22)25-29(27,23-17-9-3-10-18-23)24-19-11-4-12-20-24/h1-11,13-17,19,23H,12,18,20H2,(H,25,26,27). The molecule has 2 unspecified atom stereocenters. The van der Waals surface area contributed by atoms with Crippen LogP contribution in [0.25, 0.3) is 0 Å². The fourth-order valence-electron chi connectivity index (χ4n) is 3.80. The van der Waals surface area contributed by atoms with Crippen molar-refractivity contribution in [3.63, 3.8) is 0 Å². The summed E-state index contributed by atoms with van der Waals surface area (Å²) in [6, 6.07) is 18.8. The predicted molar refractivity (Wildman–Crippen MR) is 124 cm³/mol. The molecule has 2 aromatic carbocycles. The number of nitrogens with one attached hydrogen (secondary N) is 1. The third-order valence-electron chi connectivity index (χ3n) is 5.37. The summed E-state index contributed by atoms with van der Waals surface area (Å²) in [7, 11) is -6.48. The first kappa shape index (κ1) is 20.1. The van der Waals surface area contributed by atoms with Crippen LogP contribution in [0.3, 0.4) is 0 Å². The van der Waals surface area contributed by atoms with Crippen LogP contribution in [0.15, 0.2) is 109 Å². The number of hydrogen-bond donors (Lipinski definition) is 1. The molecule has 0 amide bonds. The van der Waals surface area contributed by atoms with Gasteiger partial charge in [-0.25, -0.2) is 4.86 Å². The Balaban J connectivity index is 1.85. The minimum absolute atomic E-state index is 0.203. The van der Waals surface area contributed by atoms with Crippen molar-refractivity contribution < 1.29 is 9.13 Å². The van der Waals surface area contributed by atoms with Crippen molar-refractivity contribution in [2.45, 2.75) is 24.9 Å². The molecule has 2 atom stereocenters. The van der Waals surface area contributed by atoms with Gasteiger partial charge in [-0.1, -0.05) is 78.9 Å². The molecule has 3 nitrogen and oxygen atoms in total. The molecule has 29 heavy (non-hydrogen) atoms. The molecule has 0 saturated heterocycles. The largest absolute Gasteiger partial charge is 0.301 e. The first-order valence-corrected chi connectivity index (χ1v) is 13.4. The summed E-state index contributed by atoms with van der Waals surface area (Å²) in [6.45, 7) is 0. The molecule has 0 aromatic heterocycles. The summed E-state index contributed by atoms with van der Waals surface area (Å²) in [5.41, 5.74) is -0.203. The van der Waals surface area contributed by atoms with E-state index in [-0.39, 0.29) is 5.66 Å². The van der Waals surface area contributed by atoms with Crippen LogP contribution < -0.4 is 15.5 Å². The van der Waals surface area contributed by atoms with Crippen LogP contribution in [0.4, 0.5) is 0 Å². The number of rotatable bonds is 6. The quantitative estimate of drug-likeness (QED) is 0.591. The second-order valence-electron chi connectivity index (χ2n) is 7.28. The van der Waals surface area contributed by atoms with E-state index in [1.54, 1.807) is 0 Å². The van der Waals surface area contributed by atoms with Crippen LogP contribution in [0, 0.1) is 0 Å². The van der Waals surface area contributed by atoms with Crippen LogP contribution in [0.5, 0.6) is 0 Å². The van der Waals surface area contributed by atoms with Gasteiger partial charge < -0.3 is 4.57 Å². The minimum Gasteiger partial charge on any atom is -0.301 e. The Kier molecular flexibility index (Phi) is 6.01. The van der Waals surface area contributed by atoms with E-state index in [1.807, 2.05) is 97.1 Å². The van der Waals surface area contributed by atoms with E-state index in [4.69, 9.17) is 0 Å². The van der Waals surface area contributed by atoms with Crippen molar-refractivity contribution >= 4 is 25.2 Å². The summed E-state index contributed by atoms with van der Waals surface area (Å²) in [6.07, 6.45) is 16.2. The average Bonchev–Trinajstić information content (AvgIpc) is 2.81. The molecular formula is C24H25NO2P2. The van der Waals surface area contributed by atoms with Crippen molar-refractivity contribution in [1.29, 1.82) is 0 Å². The molecule has 0 spiro atoms. The molecule has 148 valence electrons. The van der Waals surface area contributed by atoms with E-state index < -0.39 is 14.6 Å². The first-order chi connectivity index (χ1) is 14.1. The second-order valence-corrected chi connectivity index (χ2v) is 12.9. The third-order valence-corrected chi connectivity index (χ3v) is 12.3. The highest BCUT2D eigenvalue weighted by molar-refractivity contribution is 7.87. The number of benzene rings is 2. The molecule has 0 fully saturated rings. The zero-order chi connectivity index (χ0) is 20.2. The Morgan fingerprint density at radius 1 is 0.793 bits per heavy atom. The topological polar surface area (TPSA) is 46.2 Å².